The first-order chi connectivity index (χ1) is 11.3. The quantitative estimate of drug-likeness (QED) is 0.230. The van der Waals surface area contributed by atoms with E-state index < -0.39 is 14.1 Å². The molecule has 25 heavy (non-hydrogen) atoms. The molecule has 5 nitrogen and oxygen atoms in total. The predicted molar refractivity (Wildman–Crippen MR) is 104 cm³/mol. The molecule has 0 bridgehead atoms. The second-order valence-corrected chi connectivity index (χ2v) is 13.0. The van der Waals surface area contributed by atoms with Crippen molar-refractivity contribution in [3.8, 4) is 0 Å². The van der Waals surface area contributed by atoms with Gasteiger partial charge in [0.15, 0.2) is 14.6 Å². The topological polar surface area (TPSA) is 54.0 Å². The fourth-order valence-corrected chi connectivity index (χ4v) is 3.67. The highest BCUT2D eigenvalue weighted by Crippen LogP contribution is 2.41. The zero-order valence-electron chi connectivity index (χ0n) is 17.8. The largest absolute Gasteiger partial charge is 0.384 e. The molecule has 0 saturated heterocycles. The second kappa shape index (κ2) is 9.97. The Morgan fingerprint density at radius 3 is 2.12 bits per heavy atom. The second-order valence-electron chi connectivity index (χ2n) is 8.30. The molecule has 0 radical (unpaired) electrons. The van der Waals surface area contributed by atoms with Crippen molar-refractivity contribution in [1.82, 2.24) is 0 Å². The molecule has 0 fully saturated rings. The summed E-state index contributed by atoms with van der Waals surface area (Å²) in [5, 5.41) is -0.0409. The number of ether oxygens (including phenoxy) is 3. The summed E-state index contributed by atoms with van der Waals surface area (Å²) in [4.78, 5) is 12.1. The molecule has 0 rings (SSSR count). The lowest BCUT2D eigenvalue weighted by Crippen LogP contribution is -2.55. The van der Waals surface area contributed by atoms with Crippen molar-refractivity contribution in [3.05, 3.63) is 11.6 Å². The van der Waals surface area contributed by atoms with E-state index in [1.807, 2.05) is 26.8 Å². The summed E-state index contributed by atoms with van der Waals surface area (Å²) in [5.74, 6) is -1.60. The first-order valence-corrected chi connectivity index (χ1v) is 11.8. The summed E-state index contributed by atoms with van der Waals surface area (Å²) < 4.78 is 22.6. The number of carbonyl (C=O) groups is 1. The Bertz CT molecular complexity index is 442. The van der Waals surface area contributed by atoms with Crippen LogP contribution in [0.1, 0.15) is 48.0 Å². The zero-order chi connectivity index (χ0) is 19.9. The van der Waals surface area contributed by atoms with Crippen LogP contribution in [-0.4, -0.2) is 47.5 Å². The molecule has 0 aliphatic rings. The summed E-state index contributed by atoms with van der Waals surface area (Å²) in [5.41, 5.74) is 1.13. The van der Waals surface area contributed by atoms with Crippen LogP contribution < -0.4 is 0 Å². The molecule has 0 aliphatic heterocycles. The van der Waals surface area contributed by atoms with Gasteiger partial charge in [0.1, 0.15) is 6.79 Å². The molecule has 0 amide bonds. The van der Waals surface area contributed by atoms with Gasteiger partial charge < -0.3 is 18.6 Å². The van der Waals surface area contributed by atoms with Gasteiger partial charge in [-0.05, 0) is 38.4 Å². The molecule has 3 atom stereocenters. The first-order valence-electron chi connectivity index (χ1n) is 8.84. The lowest BCUT2D eigenvalue weighted by atomic mass is 9.97. The van der Waals surface area contributed by atoms with Crippen LogP contribution >= 0.6 is 0 Å². The van der Waals surface area contributed by atoms with E-state index in [2.05, 4.69) is 33.9 Å². The number of hydrogen-bond donors (Lipinski definition) is 0. The minimum Gasteiger partial charge on any atom is -0.384 e. The van der Waals surface area contributed by atoms with E-state index in [0.717, 1.165) is 18.3 Å². The lowest BCUT2D eigenvalue weighted by molar-refractivity contribution is -0.231. The first kappa shape index (κ1) is 24.5. The van der Waals surface area contributed by atoms with Crippen LogP contribution in [-0.2, 0) is 23.4 Å². The van der Waals surface area contributed by atoms with Crippen molar-refractivity contribution in [2.75, 3.05) is 21.0 Å². The van der Waals surface area contributed by atoms with E-state index >= 15 is 0 Å². The molecule has 0 aromatic rings. The normalized spacial score (nSPS) is 18.6. The van der Waals surface area contributed by atoms with E-state index in [-0.39, 0.29) is 23.9 Å². The van der Waals surface area contributed by atoms with E-state index in [0.29, 0.717) is 0 Å². The molecule has 0 aromatic heterocycles. The van der Waals surface area contributed by atoms with Crippen LogP contribution in [0, 0.1) is 5.92 Å². The fraction of sp³-hybridized carbons (Fsp3) is 0.842. The van der Waals surface area contributed by atoms with Gasteiger partial charge in [0.2, 0.25) is 5.79 Å². The van der Waals surface area contributed by atoms with Crippen molar-refractivity contribution in [2.24, 2.45) is 5.92 Å². The predicted octanol–water partition coefficient (Wildman–Crippen LogP) is 4.53. The highest BCUT2D eigenvalue weighted by Gasteiger charge is 2.48. The Balaban J connectivity index is 5.66. The third-order valence-corrected chi connectivity index (χ3v) is 9.41. The summed E-state index contributed by atoms with van der Waals surface area (Å²) >= 11 is 0. The third kappa shape index (κ3) is 7.31. The average molecular weight is 375 g/mol. The van der Waals surface area contributed by atoms with E-state index in [9.17, 15) is 4.79 Å². The monoisotopic (exact) mass is 374 g/mol. The van der Waals surface area contributed by atoms with Gasteiger partial charge in [0.05, 0.1) is 6.10 Å². The van der Waals surface area contributed by atoms with Gasteiger partial charge >= 0.3 is 0 Å². The molecule has 0 aliphatic carbocycles. The van der Waals surface area contributed by atoms with Gasteiger partial charge in [0.25, 0.3) is 0 Å². The Morgan fingerprint density at radius 2 is 1.72 bits per heavy atom. The highest BCUT2D eigenvalue weighted by atomic mass is 28.4. The van der Waals surface area contributed by atoms with Gasteiger partial charge in [-0.3, -0.25) is 4.79 Å². The molecule has 0 saturated carbocycles. The Labute approximate surface area is 155 Å². The van der Waals surface area contributed by atoms with Crippen molar-refractivity contribution in [2.45, 2.75) is 78.0 Å². The minimum absolute atomic E-state index is 0.000928. The van der Waals surface area contributed by atoms with Gasteiger partial charge in [-0.25, -0.2) is 0 Å². The molecule has 0 spiro atoms. The number of hydrogen-bond acceptors (Lipinski definition) is 5. The van der Waals surface area contributed by atoms with Crippen LogP contribution in [0.15, 0.2) is 11.6 Å². The van der Waals surface area contributed by atoms with E-state index in [4.69, 9.17) is 18.6 Å². The molecule has 0 aromatic carbocycles. The summed E-state index contributed by atoms with van der Waals surface area (Å²) in [6.45, 7) is 16.6. The van der Waals surface area contributed by atoms with Crippen molar-refractivity contribution in [1.29, 1.82) is 0 Å². The summed E-state index contributed by atoms with van der Waals surface area (Å²) in [6.07, 6.45) is 3.73. The van der Waals surface area contributed by atoms with Crippen molar-refractivity contribution < 1.29 is 23.4 Å². The molecule has 3 unspecified atom stereocenters. The van der Waals surface area contributed by atoms with E-state index in [1.165, 1.54) is 7.11 Å². The standard InChI is InChI=1S/C19H38O5Si/c1-15(12-17(3)22-8)11-16(2)19(13-20,23-14-21-7)24-25(9,10)18(4,5)6/h11,13,16-17H,12,14H2,1-10H3. The molecule has 148 valence electrons. The smallest absolute Gasteiger partial charge is 0.224 e. The number of methoxy groups -OCH3 is 2. The maximum atomic E-state index is 12.1. The number of aldehydes is 1. The molecule has 0 heterocycles. The molecular formula is C19H38O5Si. The van der Waals surface area contributed by atoms with Crippen LogP contribution in [0.2, 0.25) is 18.1 Å². The number of rotatable bonds is 11. The number of carbonyl (C=O) groups excluding carboxylic acids is 1. The van der Waals surface area contributed by atoms with Crippen LogP contribution in [0.5, 0.6) is 0 Å². The Morgan fingerprint density at radius 1 is 1.16 bits per heavy atom. The van der Waals surface area contributed by atoms with Gasteiger partial charge in [-0.1, -0.05) is 39.3 Å². The third-order valence-electron chi connectivity index (χ3n) is 4.97. The summed E-state index contributed by atoms with van der Waals surface area (Å²) in [7, 11) is 1.000. The van der Waals surface area contributed by atoms with E-state index in [1.54, 1.807) is 7.11 Å². The SMILES string of the molecule is COCOC(C=O)(O[Si](C)(C)C(C)(C)C)C(C)C=C(C)CC(C)OC. The van der Waals surface area contributed by atoms with Gasteiger partial charge in [0, 0.05) is 20.1 Å². The molecule has 6 heteroatoms. The fourth-order valence-electron chi connectivity index (χ4n) is 2.27. The lowest BCUT2D eigenvalue weighted by Gasteiger charge is -2.44. The Hall–Kier alpha value is -0.533. The maximum absolute atomic E-state index is 12.1. The Kier molecular flexibility index (Phi) is 9.76. The van der Waals surface area contributed by atoms with Crippen molar-refractivity contribution >= 4 is 14.6 Å². The zero-order valence-corrected chi connectivity index (χ0v) is 18.8. The van der Waals surface area contributed by atoms with Gasteiger partial charge in [-0.2, -0.15) is 0 Å². The minimum atomic E-state index is -2.23. The highest BCUT2D eigenvalue weighted by molar-refractivity contribution is 6.74. The maximum Gasteiger partial charge on any atom is 0.224 e. The summed E-state index contributed by atoms with van der Waals surface area (Å²) in [6, 6.07) is 0. The molecule has 0 N–H and O–H groups in total. The van der Waals surface area contributed by atoms with Crippen molar-refractivity contribution in [3.63, 3.8) is 0 Å². The average Bonchev–Trinajstić information content (AvgIpc) is 2.49. The van der Waals surface area contributed by atoms with Gasteiger partial charge in [-0.15, -0.1) is 0 Å². The molecular weight excluding hydrogens is 336 g/mol. The van der Waals surface area contributed by atoms with Crippen LogP contribution in [0.25, 0.3) is 0 Å². The van der Waals surface area contributed by atoms with Crippen LogP contribution in [0.4, 0.5) is 0 Å². The van der Waals surface area contributed by atoms with Crippen LogP contribution in [0.3, 0.4) is 0 Å².